The van der Waals surface area contributed by atoms with Crippen molar-refractivity contribution in [3.8, 4) is 0 Å². The van der Waals surface area contributed by atoms with Crippen molar-refractivity contribution in [1.29, 1.82) is 0 Å². The van der Waals surface area contributed by atoms with Gasteiger partial charge < -0.3 is 14.9 Å². The Hall–Kier alpha value is -2.04. The van der Waals surface area contributed by atoms with Crippen LogP contribution in [-0.4, -0.2) is 12.6 Å². The Bertz CT molecular complexity index is 547. The van der Waals surface area contributed by atoms with E-state index in [0.717, 1.165) is 0 Å². The molecule has 4 nitrogen and oxygen atoms in total. The van der Waals surface area contributed by atoms with Crippen LogP contribution in [0.1, 0.15) is 17.5 Å². The van der Waals surface area contributed by atoms with Gasteiger partial charge in [-0.15, -0.1) is 0 Å². The second-order valence-electron chi connectivity index (χ2n) is 3.20. The van der Waals surface area contributed by atoms with Gasteiger partial charge in [0, 0.05) is 11.5 Å². The number of rotatable bonds is 2. The number of nitrogens with two attached hydrogens (primary N) is 1. The highest BCUT2D eigenvalue weighted by atomic mass is 19.1. The number of halogens is 1. The van der Waals surface area contributed by atoms with E-state index < -0.39 is 11.8 Å². The van der Waals surface area contributed by atoms with E-state index in [2.05, 4.69) is 0 Å². The fourth-order valence-electron chi connectivity index (χ4n) is 1.41. The first-order valence-electron chi connectivity index (χ1n) is 4.78. The number of ether oxygens (including phenoxy) is 1. The smallest absolute Gasteiger partial charge is 0.374 e. The number of carbonyl (C=O) groups excluding carboxylic acids is 1. The summed E-state index contributed by atoms with van der Waals surface area (Å²) in [7, 11) is 0. The van der Waals surface area contributed by atoms with Crippen molar-refractivity contribution in [3.05, 3.63) is 29.8 Å². The third-order valence-corrected chi connectivity index (χ3v) is 2.17. The molecule has 0 aliphatic heterocycles. The molecule has 0 radical (unpaired) electrons. The fraction of sp³-hybridized carbons (Fsp3) is 0.182. The Labute approximate surface area is 90.8 Å². The average molecular weight is 223 g/mol. The van der Waals surface area contributed by atoms with Crippen molar-refractivity contribution >= 4 is 22.6 Å². The van der Waals surface area contributed by atoms with Crippen LogP contribution in [0.3, 0.4) is 0 Å². The van der Waals surface area contributed by atoms with Gasteiger partial charge in [0.15, 0.2) is 0 Å². The molecule has 1 aromatic carbocycles. The first-order chi connectivity index (χ1) is 7.63. The van der Waals surface area contributed by atoms with Crippen LogP contribution in [0.4, 0.5) is 10.1 Å². The summed E-state index contributed by atoms with van der Waals surface area (Å²) in [6, 6.07) is 3.99. The van der Waals surface area contributed by atoms with Gasteiger partial charge in [-0.1, -0.05) is 0 Å². The lowest BCUT2D eigenvalue weighted by atomic mass is 10.2. The second-order valence-corrected chi connectivity index (χ2v) is 3.20. The van der Waals surface area contributed by atoms with E-state index in [1.165, 1.54) is 18.2 Å². The Morgan fingerprint density at radius 2 is 2.31 bits per heavy atom. The summed E-state index contributed by atoms with van der Waals surface area (Å²) in [6.07, 6.45) is 0. The molecule has 0 bridgehead atoms. The molecular formula is C11H10FNO3. The van der Waals surface area contributed by atoms with Gasteiger partial charge in [-0.2, -0.15) is 0 Å². The minimum atomic E-state index is -0.585. The number of nitrogen functional groups attached to an aromatic ring is 1. The molecule has 2 rings (SSSR count). The van der Waals surface area contributed by atoms with E-state index in [0.29, 0.717) is 11.0 Å². The van der Waals surface area contributed by atoms with Crippen LogP contribution in [-0.2, 0) is 4.74 Å². The van der Waals surface area contributed by atoms with Gasteiger partial charge in [0.2, 0.25) is 5.76 Å². The molecule has 84 valence electrons. The first-order valence-corrected chi connectivity index (χ1v) is 4.78. The summed E-state index contributed by atoms with van der Waals surface area (Å²) in [6.45, 7) is 1.94. The zero-order valence-corrected chi connectivity index (χ0v) is 8.62. The van der Waals surface area contributed by atoms with Gasteiger partial charge >= 0.3 is 5.97 Å². The predicted molar refractivity (Wildman–Crippen MR) is 56.5 cm³/mol. The van der Waals surface area contributed by atoms with Crippen LogP contribution >= 0.6 is 0 Å². The van der Waals surface area contributed by atoms with Crippen molar-refractivity contribution in [1.82, 2.24) is 0 Å². The standard InChI is InChI=1S/C11H10FNO3/c1-2-15-11(14)9-5-6-8(16-9)4-3-7(12)10(6)13/h3-5H,2,13H2,1H3. The molecule has 0 saturated carbocycles. The lowest BCUT2D eigenvalue weighted by Gasteiger charge is -1.95. The molecule has 1 heterocycles. The number of hydrogen-bond acceptors (Lipinski definition) is 4. The average Bonchev–Trinajstić information content (AvgIpc) is 2.69. The van der Waals surface area contributed by atoms with Gasteiger partial charge in [0.1, 0.15) is 11.4 Å². The number of carbonyl (C=O) groups is 1. The van der Waals surface area contributed by atoms with Crippen molar-refractivity contribution in [2.45, 2.75) is 6.92 Å². The SMILES string of the molecule is CCOC(=O)c1cc2c(N)c(F)ccc2o1. The molecule has 2 N–H and O–H groups in total. The topological polar surface area (TPSA) is 65.5 Å². The number of esters is 1. The molecule has 1 aromatic heterocycles. The minimum absolute atomic E-state index is 0.0224. The molecule has 0 aliphatic rings. The van der Waals surface area contributed by atoms with Crippen molar-refractivity contribution in [2.24, 2.45) is 0 Å². The maximum absolute atomic E-state index is 13.1. The Kier molecular flexibility index (Phi) is 2.52. The van der Waals surface area contributed by atoms with Crippen LogP contribution in [0, 0.1) is 5.82 Å². The summed E-state index contributed by atoms with van der Waals surface area (Å²) >= 11 is 0. The van der Waals surface area contributed by atoms with Gasteiger partial charge in [-0.3, -0.25) is 0 Å². The zero-order chi connectivity index (χ0) is 11.7. The third-order valence-electron chi connectivity index (χ3n) is 2.17. The van der Waals surface area contributed by atoms with Gasteiger partial charge in [-0.25, -0.2) is 9.18 Å². The molecule has 0 aliphatic carbocycles. The summed E-state index contributed by atoms with van der Waals surface area (Å²) in [5, 5.41) is 0.378. The number of anilines is 1. The number of furan rings is 1. The molecule has 0 atom stereocenters. The molecule has 0 spiro atoms. The van der Waals surface area contributed by atoms with Crippen LogP contribution in [0.15, 0.2) is 22.6 Å². The number of hydrogen-bond donors (Lipinski definition) is 1. The summed E-state index contributed by atoms with van der Waals surface area (Å²) in [5.74, 6) is -1.10. The molecule has 0 saturated heterocycles. The normalized spacial score (nSPS) is 10.6. The molecule has 0 amide bonds. The fourth-order valence-corrected chi connectivity index (χ4v) is 1.41. The molecule has 5 heteroatoms. The van der Waals surface area contributed by atoms with Gasteiger partial charge in [0.25, 0.3) is 0 Å². The maximum atomic E-state index is 13.1. The highest BCUT2D eigenvalue weighted by Gasteiger charge is 2.15. The van der Waals surface area contributed by atoms with Crippen LogP contribution in [0.2, 0.25) is 0 Å². The van der Waals surface area contributed by atoms with Gasteiger partial charge in [-0.05, 0) is 19.1 Å². The van der Waals surface area contributed by atoms with Gasteiger partial charge in [0.05, 0.1) is 12.3 Å². The summed E-state index contributed by atoms with van der Waals surface area (Å²) < 4.78 is 23.1. The van der Waals surface area contributed by atoms with E-state index in [9.17, 15) is 9.18 Å². The molecular weight excluding hydrogens is 213 g/mol. The van der Waals surface area contributed by atoms with Crippen LogP contribution in [0.25, 0.3) is 11.0 Å². The lowest BCUT2D eigenvalue weighted by molar-refractivity contribution is 0.0492. The van der Waals surface area contributed by atoms with E-state index in [1.54, 1.807) is 6.92 Å². The minimum Gasteiger partial charge on any atom is -0.460 e. The molecule has 0 unspecified atom stereocenters. The van der Waals surface area contributed by atoms with Crippen LogP contribution < -0.4 is 5.73 Å². The first kappa shape index (κ1) is 10.5. The third kappa shape index (κ3) is 1.60. The van der Waals surface area contributed by atoms with Crippen LogP contribution in [0.5, 0.6) is 0 Å². The summed E-state index contributed by atoms with van der Waals surface area (Å²) in [5.41, 5.74) is 5.85. The number of fused-ring (bicyclic) bond motifs is 1. The van der Waals surface area contributed by atoms with Crippen molar-refractivity contribution < 1.29 is 18.3 Å². The Morgan fingerprint density at radius 3 is 3.00 bits per heavy atom. The van der Waals surface area contributed by atoms with Crippen molar-refractivity contribution in [2.75, 3.05) is 12.3 Å². The highest BCUT2D eigenvalue weighted by Crippen LogP contribution is 2.27. The van der Waals surface area contributed by atoms with E-state index in [4.69, 9.17) is 14.9 Å². The molecule has 0 fully saturated rings. The Morgan fingerprint density at radius 1 is 1.56 bits per heavy atom. The largest absolute Gasteiger partial charge is 0.460 e. The lowest BCUT2D eigenvalue weighted by Crippen LogP contribution is -2.02. The highest BCUT2D eigenvalue weighted by molar-refractivity contribution is 5.97. The Balaban J connectivity index is 2.52. The monoisotopic (exact) mass is 223 g/mol. The quantitative estimate of drug-likeness (QED) is 0.626. The number of benzene rings is 1. The van der Waals surface area contributed by atoms with E-state index in [-0.39, 0.29) is 18.1 Å². The zero-order valence-electron chi connectivity index (χ0n) is 8.62. The van der Waals surface area contributed by atoms with E-state index in [1.807, 2.05) is 0 Å². The van der Waals surface area contributed by atoms with Crippen molar-refractivity contribution in [3.63, 3.8) is 0 Å². The van der Waals surface area contributed by atoms with E-state index >= 15 is 0 Å². The predicted octanol–water partition coefficient (Wildman–Crippen LogP) is 2.33. The summed E-state index contributed by atoms with van der Waals surface area (Å²) in [4.78, 5) is 11.4. The maximum Gasteiger partial charge on any atom is 0.374 e. The molecule has 2 aromatic rings. The second kappa shape index (κ2) is 3.84. The molecule has 16 heavy (non-hydrogen) atoms.